The Morgan fingerprint density at radius 2 is 2.29 bits per heavy atom. The second kappa shape index (κ2) is 5.81. The quantitative estimate of drug-likeness (QED) is 0.896. The molecule has 3 rings (SSSR count). The summed E-state index contributed by atoms with van der Waals surface area (Å²) >= 11 is 0. The van der Waals surface area contributed by atoms with Crippen LogP contribution in [0.5, 0.6) is 0 Å². The molecule has 2 aromatic rings. The summed E-state index contributed by atoms with van der Waals surface area (Å²) in [5.41, 5.74) is 2.77. The van der Waals surface area contributed by atoms with Crippen LogP contribution in [0.15, 0.2) is 17.3 Å². The van der Waals surface area contributed by atoms with Gasteiger partial charge in [0.1, 0.15) is 12.2 Å². The number of aryl methyl sites for hydroxylation is 1. The molecule has 2 N–H and O–H groups in total. The molecule has 0 spiro atoms. The fraction of sp³-hybridized carbons (Fsp3) is 0.533. The molecule has 0 saturated carbocycles. The van der Waals surface area contributed by atoms with Crippen LogP contribution in [0.3, 0.4) is 0 Å². The maximum atomic E-state index is 12.0. The number of nitrogens with one attached hydrogen (secondary N) is 2. The van der Waals surface area contributed by atoms with Crippen molar-refractivity contribution in [3.63, 3.8) is 0 Å². The highest BCUT2D eigenvalue weighted by Gasteiger charge is 2.24. The zero-order valence-electron chi connectivity index (χ0n) is 12.5. The van der Waals surface area contributed by atoms with E-state index < -0.39 is 0 Å². The van der Waals surface area contributed by atoms with Crippen LogP contribution >= 0.6 is 0 Å². The van der Waals surface area contributed by atoms with E-state index in [1.165, 1.54) is 0 Å². The van der Waals surface area contributed by atoms with Crippen LogP contribution in [0.25, 0.3) is 0 Å². The zero-order chi connectivity index (χ0) is 14.8. The van der Waals surface area contributed by atoms with Crippen LogP contribution in [0.1, 0.15) is 41.4 Å². The second-order valence-electron chi connectivity index (χ2n) is 5.85. The van der Waals surface area contributed by atoms with Gasteiger partial charge in [0.25, 0.3) is 0 Å². The Morgan fingerprint density at radius 1 is 1.43 bits per heavy atom. The molecule has 21 heavy (non-hydrogen) atoms. The lowest BCUT2D eigenvalue weighted by molar-refractivity contribution is 0.194. The first-order valence-electron chi connectivity index (χ1n) is 7.40. The lowest BCUT2D eigenvalue weighted by atomic mass is 9.97. The van der Waals surface area contributed by atoms with Crippen LogP contribution in [-0.2, 0) is 6.54 Å². The predicted octanol–water partition coefficient (Wildman–Crippen LogP) is 1.49. The third-order valence-corrected chi connectivity index (χ3v) is 4.32. The van der Waals surface area contributed by atoms with Crippen molar-refractivity contribution in [2.24, 2.45) is 0 Å². The standard InChI is InChI=1S/C15H21N5O/c1-10-6-16-13(11(2)14(10)21)8-20-5-3-4-12(7-20)15-17-9-18-19-15/h6,9,12H,3-5,7-8H2,1-2H3,(H,16,21)(H,17,18,19). The van der Waals surface area contributed by atoms with Gasteiger partial charge in [-0.25, -0.2) is 4.98 Å². The molecule has 0 radical (unpaired) electrons. The number of hydrogen-bond acceptors (Lipinski definition) is 4. The third-order valence-electron chi connectivity index (χ3n) is 4.32. The second-order valence-corrected chi connectivity index (χ2v) is 5.85. The minimum Gasteiger partial charge on any atom is -0.363 e. The van der Waals surface area contributed by atoms with Gasteiger partial charge in [0.05, 0.1) is 0 Å². The molecule has 0 bridgehead atoms. The van der Waals surface area contributed by atoms with Gasteiger partial charge in [-0.1, -0.05) is 0 Å². The van der Waals surface area contributed by atoms with Crippen LogP contribution in [0, 0.1) is 13.8 Å². The smallest absolute Gasteiger partial charge is 0.187 e. The number of pyridine rings is 1. The molecule has 0 aromatic carbocycles. The highest BCUT2D eigenvalue weighted by atomic mass is 16.1. The van der Waals surface area contributed by atoms with E-state index in [4.69, 9.17) is 0 Å². The van der Waals surface area contributed by atoms with Crippen molar-refractivity contribution in [3.05, 3.63) is 45.4 Å². The van der Waals surface area contributed by atoms with Crippen molar-refractivity contribution in [2.75, 3.05) is 13.1 Å². The predicted molar refractivity (Wildman–Crippen MR) is 80.2 cm³/mol. The Labute approximate surface area is 123 Å². The van der Waals surface area contributed by atoms with Crippen LogP contribution in [0.2, 0.25) is 0 Å². The van der Waals surface area contributed by atoms with Gasteiger partial charge < -0.3 is 4.98 Å². The van der Waals surface area contributed by atoms with E-state index >= 15 is 0 Å². The van der Waals surface area contributed by atoms with Gasteiger partial charge in [0, 0.05) is 42.0 Å². The van der Waals surface area contributed by atoms with Gasteiger partial charge in [0.15, 0.2) is 5.43 Å². The first-order chi connectivity index (χ1) is 10.1. The Morgan fingerprint density at radius 3 is 3.05 bits per heavy atom. The van der Waals surface area contributed by atoms with E-state index in [-0.39, 0.29) is 5.43 Å². The topological polar surface area (TPSA) is 77.7 Å². The fourth-order valence-electron chi connectivity index (χ4n) is 3.02. The molecule has 6 nitrogen and oxygen atoms in total. The summed E-state index contributed by atoms with van der Waals surface area (Å²) in [6.07, 6.45) is 5.65. The molecule has 1 atom stereocenters. The highest BCUT2D eigenvalue weighted by molar-refractivity contribution is 5.23. The Kier molecular flexibility index (Phi) is 3.88. The third kappa shape index (κ3) is 2.90. The summed E-state index contributed by atoms with van der Waals surface area (Å²) in [5.74, 6) is 1.37. The molecule has 3 heterocycles. The molecular formula is C15H21N5O. The maximum absolute atomic E-state index is 12.0. The Bertz CT molecular complexity index is 661. The van der Waals surface area contributed by atoms with E-state index in [0.717, 1.165) is 55.1 Å². The lowest BCUT2D eigenvalue weighted by Gasteiger charge is -2.31. The number of nitrogens with zero attached hydrogens (tertiary/aromatic N) is 3. The Hall–Kier alpha value is -1.95. The molecule has 1 aliphatic heterocycles. The van der Waals surface area contributed by atoms with Gasteiger partial charge >= 0.3 is 0 Å². The molecule has 1 fully saturated rings. The largest absolute Gasteiger partial charge is 0.363 e. The number of likely N-dealkylation sites (tertiary alicyclic amines) is 1. The van der Waals surface area contributed by atoms with Crippen molar-refractivity contribution >= 4 is 0 Å². The summed E-state index contributed by atoms with van der Waals surface area (Å²) in [6.45, 7) is 6.53. The summed E-state index contributed by atoms with van der Waals surface area (Å²) in [4.78, 5) is 21.9. The van der Waals surface area contributed by atoms with Crippen LogP contribution in [-0.4, -0.2) is 38.2 Å². The molecule has 0 amide bonds. The fourth-order valence-corrected chi connectivity index (χ4v) is 3.02. The lowest BCUT2D eigenvalue weighted by Crippen LogP contribution is -2.35. The zero-order valence-corrected chi connectivity index (χ0v) is 12.5. The monoisotopic (exact) mass is 287 g/mol. The number of aromatic nitrogens is 4. The molecule has 1 saturated heterocycles. The van der Waals surface area contributed by atoms with Gasteiger partial charge in [-0.3, -0.25) is 14.8 Å². The van der Waals surface area contributed by atoms with E-state index in [9.17, 15) is 4.79 Å². The summed E-state index contributed by atoms with van der Waals surface area (Å²) < 4.78 is 0. The summed E-state index contributed by atoms with van der Waals surface area (Å²) in [7, 11) is 0. The molecular weight excluding hydrogens is 266 g/mol. The number of rotatable bonds is 3. The highest BCUT2D eigenvalue weighted by Crippen LogP contribution is 2.24. The number of aromatic amines is 2. The van der Waals surface area contributed by atoms with E-state index in [1.807, 2.05) is 20.0 Å². The molecule has 1 aliphatic rings. The molecule has 6 heteroatoms. The van der Waals surface area contributed by atoms with Crippen molar-refractivity contribution in [2.45, 2.75) is 39.2 Å². The SMILES string of the molecule is Cc1c[nH]c(CN2CCCC(c3ncn[nH]3)C2)c(C)c1=O. The average Bonchev–Trinajstić information content (AvgIpc) is 3.03. The van der Waals surface area contributed by atoms with Crippen LogP contribution < -0.4 is 5.43 Å². The number of H-pyrrole nitrogens is 2. The van der Waals surface area contributed by atoms with Crippen LogP contribution in [0.4, 0.5) is 0 Å². The van der Waals surface area contributed by atoms with E-state index in [0.29, 0.717) is 5.92 Å². The minimum atomic E-state index is 0.146. The average molecular weight is 287 g/mol. The maximum Gasteiger partial charge on any atom is 0.187 e. The van der Waals surface area contributed by atoms with Crippen molar-refractivity contribution in [1.82, 2.24) is 25.1 Å². The van der Waals surface area contributed by atoms with Crippen molar-refractivity contribution in [3.8, 4) is 0 Å². The summed E-state index contributed by atoms with van der Waals surface area (Å²) in [5, 5.41) is 6.91. The van der Waals surface area contributed by atoms with E-state index in [2.05, 4.69) is 25.1 Å². The van der Waals surface area contributed by atoms with Crippen molar-refractivity contribution in [1.29, 1.82) is 0 Å². The molecule has 1 unspecified atom stereocenters. The van der Waals surface area contributed by atoms with Gasteiger partial charge in [-0.2, -0.15) is 5.10 Å². The minimum absolute atomic E-state index is 0.146. The van der Waals surface area contributed by atoms with Gasteiger partial charge in [-0.05, 0) is 33.2 Å². The molecule has 2 aromatic heterocycles. The normalized spacial score (nSPS) is 19.8. The van der Waals surface area contributed by atoms with Gasteiger partial charge in [0.2, 0.25) is 0 Å². The molecule has 0 aliphatic carbocycles. The summed E-state index contributed by atoms with van der Waals surface area (Å²) in [6, 6.07) is 0. The molecule has 112 valence electrons. The Balaban J connectivity index is 1.73. The van der Waals surface area contributed by atoms with Crippen molar-refractivity contribution < 1.29 is 0 Å². The van der Waals surface area contributed by atoms with E-state index in [1.54, 1.807) is 6.33 Å². The first kappa shape index (κ1) is 14.0. The number of piperidine rings is 1. The first-order valence-corrected chi connectivity index (χ1v) is 7.40. The number of hydrogen-bond donors (Lipinski definition) is 2. The van der Waals surface area contributed by atoms with Gasteiger partial charge in [-0.15, -0.1) is 0 Å².